The van der Waals surface area contributed by atoms with Gasteiger partial charge in [0.05, 0.1) is 5.39 Å². The number of aromatic nitrogens is 2. The van der Waals surface area contributed by atoms with Gasteiger partial charge >= 0.3 is 0 Å². The fraction of sp³-hybridized carbons (Fsp3) is 0.0476. The largest absolute Gasteiger partial charge is 0.306 e. The number of aryl methyl sites for hydroxylation is 1. The Labute approximate surface area is 149 Å². The zero-order valence-corrected chi connectivity index (χ0v) is 14.5. The molecule has 4 rings (SSSR count). The van der Waals surface area contributed by atoms with Crippen molar-refractivity contribution in [3.05, 3.63) is 88.0 Å². The SMILES string of the molecule is Cc1cccc(/C=C/c2nc3sc(-c4ccccc4)cc3c(=O)[nH]2)c1. The highest BCUT2D eigenvalue weighted by atomic mass is 32.1. The number of nitrogens with zero attached hydrogens (tertiary/aromatic N) is 1. The van der Waals surface area contributed by atoms with Gasteiger partial charge in [-0.15, -0.1) is 11.3 Å². The summed E-state index contributed by atoms with van der Waals surface area (Å²) < 4.78 is 0. The van der Waals surface area contributed by atoms with Crippen LogP contribution in [0.3, 0.4) is 0 Å². The number of thiophene rings is 1. The van der Waals surface area contributed by atoms with Gasteiger partial charge < -0.3 is 4.98 Å². The highest BCUT2D eigenvalue weighted by Crippen LogP contribution is 2.30. The molecule has 2 aromatic heterocycles. The van der Waals surface area contributed by atoms with Crippen molar-refractivity contribution in [1.82, 2.24) is 9.97 Å². The molecule has 2 aromatic carbocycles. The normalized spacial score (nSPS) is 11.4. The van der Waals surface area contributed by atoms with E-state index in [-0.39, 0.29) is 5.56 Å². The Bertz CT molecular complexity index is 1120. The average Bonchev–Trinajstić information content (AvgIpc) is 3.06. The summed E-state index contributed by atoms with van der Waals surface area (Å²) in [6.07, 6.45) is 3.81. The first kappa shape index (κ1) is 15.5. The van der Waals surface area contributed by atoms with Crippen LogP contribution in [0.4, 0.5) is 0 Å². The van der Waals surface area contributed by atoms with E-state index in [4.69, 9.17) is 0 Å². The summed E-state index contributed by atoms with van der Waals surface area (Å²) in [5.41, 5.74) is 3.28. The molecule has 0 saturated heterocycles. The summed E-state index contributed by atoms with van der Waals surface area (Å²) >= 11 is 1.54. The summed E-state index contributed by atoms with van der Waals surface area (Å²) in [6, 6.07) is 20.1. The van der Waals surface area contributed by atoms with Crippen LogP contribution in [-0.4, -0.2) is 9.97 Å². The van der Waals surface area contributed by atoms with E-state index in [1.165, 1.54) is 16.9 Å². The number of nitrogens with one attached hydrogen (secondary N) is 1. The maximum atomic E-state index is 12.4. The van der Waals surface area contributed by atoms with Gasteiger partial charge in [0.15, 0.2) is 0 Å². The minimum absolute atomic E-state index is 0.104. The molecule has 0 aliphatic carbocycles. The Morgan fingerprint density at radius 3 is 2.64 bits per heavy atom. The highest BCUT2D eigenvalue weighted by Gasteiger charge is 2.09. The van der Waals surface area contributed by atoms with Crippen molar-refractivity contribution in [2.45, 2.75) is 6.92 Å². The molecule has 4 heteroatoms. The quantitative estimate of drug-likeness (QED) is 0.560. The second-order valence-corrected chi connectivity index (χ2v) is 6.92. The first-order chi connectivity index (χ1) is 12.2. The standard InChI is InChI=1S/C21H16N2OS/c1-14-6-5-7-15(12-14)10-11-19-22-20(24)17-13-18(25-21(17)23-19)16-8-3-2-4-9-16/h2-13H,1H3,(H,22,23,24)/b11-10+. The zero-order chi connectivity index (χ0) is 17.2. The number of aromatic amines is 1. The molecule has 1 N–H and O–H groups in total. The molecule has 3 nitrogen and oxygen atoms in total. The topological polar surface area (TPSA) is 45.8 Å². The van der Waals surface area contributed by atoms with E-state index in [0.717, 1.165) is 20.8 Å². The molecule has 0 saturated carbocycles. The third kappa shape index (κ3) is 3.30. The molecule has 25 heavy (non-hydrogen) atoms. The lowest BCUT2D eigenvalue weighted by atomic mass is 10.1. The second kappa shape index (κ2) is 6.49. The molecule has 4 aromatic rings. The molecule has 0 unspecified atom stereocenters. The van der Waals surface area contributed by atoms with E-state index in [2.05, 4.69) is 29.0 Å². The van der Waals surface area contributed by atoms with Crippen LogP contribution in [0.25, 0.3) is 32.8 Å². The van der Waals surface area contributed by atoms with Gasteiger partial charge in [-0.25, -0.2) is 4.98 Å². The minimum atomic E-state index is -0.104. The molecule has 0 amide bonds. The molecular formula is C21H16N2OS. The molecule has 0 aliphatic rings. The number of hydrogen-bond donors (Lipinski definition) is 1. The molecule has 0 radical (unpaired) electrons. The fourth-order valence-corrected chi connectivity index (χ4v) is 3.77. The van der Waals surface area contributed by atoms with Crippen LogP contribution in [0.1, 0.15) is 17.0 Å². The second-order valence-electron chi connectivity index (χ2n) is 5.89. The van der Waals surface area contributed by atoms with Crippen molar-refractivity contribution in [3.63, 3.8) is 0 Å². The molecule has 0 fully saturated rings. The molecule has 0 spiro atoms. The van der Waals surface area contributed by atoms with E-state index < -0.39 is 0 Å². The molecule has 0 aliphatic heterocycles. The lowest BCUT2D eigenvalue weighted by Crippen LogP contribution is -2.07. The maximum Gasteiger partial charge on any atom is 0.259 e. The summed E-state index contributed by atoms with van der Waals surface area (Å²) in [7, 11) is 0. The summed E-state index contributed by atoms with van der Waals surface area (Å²) in [5.74, 6) is 0.570. The van der Waals surface area contributed by atoms with Crippen molar-refractivity contribution in [1.29, 1.82) is 0 Å². The summed E-state index contributed by atoms with van der Waals surface area (Å²) in [6.45, 7) is 2.06. The van der Waals surface area contributed by atoms with E-state index >= 15 is 0 Å². The Balaban J connectivity index is 1.73. The third-order valence-electron chi connectivity index (χ3n) is 3.95. The van der Waals surface area contributed by atoms with Gasteiger partial charge in [-0.3, -0.25) is 4.79 Å². The van der Waals surface area contributed by atoms with Crippen LogP contribution in [0.2, 0.25) is 0 Å². The van der Waals surface area contributed by atoms with Crippen molar-refractivity contribution in [2.24, 2.45) is 0 Å². The van der Waals surface area contributed by atoms with Gasteiger partial charge in [0.2, 0.25) is 0 Å². The predicted molar refractivity (Wildman–Crippen MR) is 106 cm³/mol. The lowest BCUT2D eigenvalue weighted by molar-refractivity contribution is 1.15. The van der Waals surface area contributed by atoms with Crippen molar-refractivity contribution < 1.29 is 0 Å². The fourth-order valence-electron chi connectivity index (χ4n) is 2.72. The van der Waals surface area contributed by atoms with Gasteiger partial charge in [-0.05, 0) is 30.2 Å². The van der Waals surface area contributed by atoms with Gasteiger partial charge in [0, 0.05) is 4.88 Å². The smallest absolute Gasteiger partial charge is 0.259 e. The molecular weight excluding hydrogens is 328 g/mol. The monoisotopic (exact) mass is 344 g/mol. The van der Waals surface area contributed by atoms with E-state index in [0.29, 0.717) is 11.2 Å². The Morgan fingerprint density at radius 2 is 1.84 bits per heavy atom. The number of rotatable bonds is 3. The van der Waals surface area contributed by atoms with Crippen molar-refractivity contribution in [3.8, 4) is 10.4 Å². The average molecular weight is 344 g/mol. The van der Waals surface area contributed by atoms with Crippen LogP contribution in [0.5, 0.6) is 0 Å². The van der Waals surface area contributed by atoms with E-state index in [1.54, 1.807) is 0 Å². The van der Waals surface area contributed by atoms with E-state index in [1.807, 2.05) is 60.7 Å². The first-order valence-corrected chi connectivity index (χ1v) is 8.85. The van der Waals surface area contributed by atoms with Crippen LogP contribution in [0, 0.1) is 6.92 Å². The van der Waals surface area contributed by atoms with E-state index in [9.17, 15) is 4.79 Å². The van der Waals surface area contributed by atoms with Crippen LogP contribution in [-0.2, 0) is 0 Å². The summed E-state index contributed by atoms with van der Waals surface area (Å²) in [5, 5.41) is 0.636. The zero-order valence-electron chi connectivity index (χ0n) is 13.7. The number of benzene rings is 2. The number of hydrogen-bond acceptors (Lipinski definition) is 3. The number of H-pyrrole nitrogens is 1. The number of fused-ring (bicyclic) bond motifs is 1. The maximum absolute atomic E-state index is 12.4. The van der Waals surface area contributed by atoms with Crippen LogP contribution in [0.15, 0.2) is 65.5 Å². The van der Waals surface area contributed by atoms with Crippen LogP contribution >= 0.6 is 11.3 Å². The van der Waals surface area contributed by atoms with Gasteiger partial charge in [-0.2, -0.15) is 0 Å². The minimum Gasteiger partial charge on any atom is -0.306 e. The first-order valence-electron chi connectivity index (χ1n) is 8.03. The van der Waals surface area contributed by atoms with Gasteiger partial charge in [0.25, 0.3) is 5.56 Å². The van der Waals surface area contributed by atoms with Gasteiger partial charge in [-0.1, -0.05) is 66.2 Å². The molecule has 2 heterocycles. The molecule has 0 bridgehead atoms. The Morgan fingerprint density at radius 1 is 1.00 bits per heavy atom. The predicted octanol–water partition coefficient (Wildman–Crippen LogP) is 5.13. The van der Waals surface area contributed by atoms with Gasteiger partial charge in [0.1, 0.15) is 10.7 Å². The highest BCUT2D eigenvalue weighted by molar-refractivity contribution is 7.21. The lowest BCUT2D eigenvalue weighted by Gasteiger charge is -1.96. The van der Waals surface area contributed by atoms with Crippen molar-refractivity contribution in [2.75, 3.05) is 0 Å². The Hall–Kier alpha value is -2.98. The molecule has 0 atom stereocenters. The molecule has 122 valence electrons. The third-order valence-corrected chi connectivity index (χ3v) is 5.03. The summed E-state index contributed by atoms with van der Waals surface area (Å²) in [4.78, 5) is 21.6. The van der Waals surface area contributed by atoms with Crippen molar-refractivity contribution >= 4 is 33.7 Å². The Kier molecular flexibility index (Phi) is 4.04. The van der Waals surface area contributed by atoms with Crippen LogP contribution < -0.4 is 5.56 Å².